The van der Waals surface area contributed by atoms with E-state index in [1.807, 2.05) is 48.7 Å². The molecular formula is C23H18ClNO4S. The first-order valence-electron chi connectivity index (χ1n) is 9.16. The van der Waals surface area contributed by atoms with Gasteiger partial charge < -0.3 is 14.2 Å². The number of methoxy groups -OCH3 is 1. The van der Waals surface area contributed by atoms with Crippen molar-refractivity contribution in [1.29, 1.82) is 0 Å². The number of esters is 1. The number of carbonyl (C=O) groups is 1. The largest absolute Gasteiger partial charge is 0.493 e. The molecule has 0 saturated heterocycles. The van der Waals surface area contributed by atoms with Crippen molar-refractivity contribution >= 4 is 40.9 Å². The van der Waals surface area contributed by atoms with Crippen LogP contribution in [-0.4, -0.2) is 19.0 Å². The molecule has 1 aliphatic rings. The molecule has 7 heteroatoms. The summed E-state index contributed by atoms with van der Waals surface area (Å²) in [5.74, 6) is 0.708. The summed E-state index contributed by atoms with van der Waals surface area (Å²) in [6.45, 7) is 2.39. The van der Waals surface area contributed by atoms with Crippen LogP contribution in [0.4, 0.5) is 0 Å². The van der Waals surface area contributed by atoms with E-state index in [1.165, 1.54) is 24.0 Å². The number of ether oxygens (including phenoxy) is 3. The van der Waals surface area contributed by atoms with Crippen molar-refractivity contribution in [3.8, 4) is 11.5 Å². The third kappa shape index (κ3) is 4.40. The van der Waals surface area contributed by atoms with Crippen molar-refractivity contribution in [3.05, 3.63) is 86.2 Å². The SMILES string of the molecule is COc1cc(/C=C2\N=C(c3cccs3)OC2=O)cc(Cl)c1OCc1ccc(C)cc1. The number of hydrogen-bond acceptors (Lipinski definition) is 6. The zero-order valence-electron chi connectivity index (χ0n) is 16.3. The van der Waals surface area contributed by atoms with Gasteiger partial charge in [0.2, 0.25) is 5.90 Å². The molecule has 0 saturated carbocycles. The Hall–Kier alpha value is -3.09. The first-order chi connectivity index (χ1) is 14.5. The van der Waals surface area contributed by atoms with Gasteiger partial charge in [-0.1, -0.05) is 47.5 Å². The number of rotatable bonds is 6. The fourth-order valence-corrected chi connectivity index (χ4v) is 3.80. The van der Waals surface area contributed by atoms with Crippen LogP contribution in [0.5, 0.6) is 11.5 Å². The fourth-order valence-electron chi connectivity index (χ4n) is 2.88. The van der Waals surface area contributed by atoms with Crippen molar-refractivity contribution in [3.63, 3.8) is 0 Å². The lowest BCUT2D eigenvalue weighted by molar-refractivity contribution is -0.129. The first-order valence-corrected chi connectivity index (χ1v) is 10.4. The molecule has 3 aromatic rings. The molecule has 2 aromatic carbocycles. The topological polar surface area (TPSA) is 57.1 Å². The molecule has 0 bridgehead atoms. The molecule has 2 heterocycles. The number of benzene rings is 2. The molecule has 152 valence electrons. The van der Waals surface area contributed by atoms with Crippen molar-refractivity contribution in [2.24, 2.45) is 4.99 Å². The van der Waals surface area contributed by atoms with E-state index in [4.69, 9.17) is 25.8 Å². The van der Waals surface area contributed by atoms with Gasteiger partial charge in [0.05, 0.1) is 17.0 Å². The van der Waals surface area contributed by atoms with E-state index in [2.05, 4.69) is 4.99 Å². The molecule has 0 atom stereocenters. The molecular weight excluding hydrogens is 422 g/mol. The van der Waals surface area contributed by atoms with Crippen LogP contribution in [0.25, 0.3) is 6.08 Å². The molecule has 0 radical (unpaired) electrons. The van der Waals surface area contributed by atoms with Gasteiger partial charge in [-0.15, -0.1) is 11.3 Å². The number of nitrogens with zero attached hydrogens (tertiary/aromatic N) is 1. The average molecular weight is 440 g/mol. The summed E-state index contributed by atoms with van der Waals surface area (Å²) in [6.07, 6.45) is 1.61. The second-order valence-electron chi connectivity index (χ2n) is 6.62. The van der Waals surface area contributed by atoms with Gasteiger partial charge in [-0.25, -0.2) is 9.79 Å². The summed E-state index contributed by atoms with van der Waals surface area (Å²) in [4.78, 5) is 17.3. The number of carbonyl (C=O) groups excluding carboxylic acids is 1. The Morgan fingerprint density at radius 1 is 1.20 bits per heavy atom. The highest BCUT2D eigenvalue weighted by atomic mass is 35.5. The summed E-state index contributed by atoms with van der Waals surface area (Å²) < 4.78 is 16.6. The van der Waals surface area contributed by atoms with Gasteiger partial charge in [-0.05, 0) is 47.7 Å². The highest BCUT2D eigenvalue weighted by molar-refractivity contribution is 7.12. The first kappa shape index (κ1) is 20.2. The molecule has 0 aliphatic carbocycles. The quantitative estimate of drug-likeness (QED) is 0.368. The van der Waals surface area contributed by atoms with E-state index in [0.29, 0.717) is 34.6 Å². The number of halogens is 1. The van der Waals surface area contributed by atoms with Crippen LogP contribution in [0, 0.1) is 6.92 Å². The fraction of sp³-hybridized carbons (Fsp3) is 0.130. The van der Waals surface area contributed by atoms with Gasteiger partial charge in [0, 0.05) is 0 Å². The second kappa shape index (κ2) is 8.73. The van der Waals surface area contributed by atoms with Gasteiger partial charge in [0.25, 0.3) is 0 Å². The third-order valence-corrected chi connectivity index (χ3v) is 5.55. The van der Waals surface area contributed by atoms with Gasteiger partial charge in [-0.3, -0.25) is 0 Å². The Morgan fingerprint density at radius 3 is 2.70 bits per heavy atom. The van der Waals surface area contributed by atoms with Crippen LogP contribution < -0.4 is 9.47 Å². The van der Waals surface area contributed by atoms with E-state index in [1.54, 1.807) is 18.2 Å². The lowest BCUT2D eigenvalue weighted by atomic mass is 10.1. The normalized spacial score (nSPS) is 14.6. The highest BCUT2D eigenvalue weighted by Crippen LogP contribution is 2.38. The van der Waals surface area contributed by atoms with Crippen LogP contribution in [0.1, 0.15) is 21.6 Å². The number of cyclic esters (lactones) is 1. The molecule has 0 spiro atoms. The molecule has 1 aromatic heterocycles. The van der Waals surface area contributed by atoms with Gasteiger partial charge in [0.1, 0.15) is 6.61 Å². The van der Waals surface area contributed by atoms with Crippen LogP contribution in [0.2, 0.25) is 5.02 Å². The zero-order chi connectivity index (χ0) is 21.1. The predicted octanol–water partition coefficient (Wildman–Crippen LogP) is 5.64. The standard InChI is InChI=1S/C23H18ClNO4S/c1-14-5-7-15(8-6-14)13-28-21-17(24)10-16(12-19(21)27-2)11-18-23(26)29-22(25-18)20-4-3-9-30-20/h3-12H,13H2,1-2H3/b18-11-. The lowest BCUT2D eigenvalue weighted by Gasteiger charge is -2.13. The molecule has 0 N–H and O–H groups in total. The summed E-state index contributed by atoms with van der Waals surface area (Å²) in [5, 5.41) is 2.27. The number of hydrogen-bond donors (Lipinski definition) is 0. The molecule has 4 rings (SSSR count). The summed E-state index contributed by atoms with van der Waals surface area (Å²) in [6, 6.07) is 15.2. The van der Waals surface area contributed by atoms with Gasteiger partial charge in [0.15, 0.2) is 17.2 Å². The van der Waals surface area contributed by atoms with Crippen molar-refractivity contribution in [1.82, 2.24) is 0 Å². The number of thiophene rings is 1. The monoisotopic (exact) mass is 439 g/mol. The van der Waals surface area contributed by atoms with Gasteiger partial charge in [-0.2, -0.15) is 0 Å². The molecule has 30 heavy (non-hydrogen) atoms. The van der Waals surface area contributed by atoms with Crippen LogP contribution in [0.3, 0.4) is 0 Å². The van der Waals surface area contributed by atoms with Crippen LogP contribution >= 0.6 is 22.9 Å². The predicted molar refractivity (Wildman–Crippen MR) is 118 cm³/mol. The minimum Gasteiger partial charge on any atom is -0.493 e. The Kier molecular flexibility index (Phi) is 5.88. The average Bonchev–Trinajstić information content (AvgIpc) is 3.38. The molecule has 0 amide bonds. The van der Waals surface area contributed by atoms with E-state index in [9.17, 15) is 4.79 Å². The lowest BCUT2D eigenvalue weighted by Crippen LogP contribution is -2.03. The third-order valence-electron chi connectivity index (χ3n) is 4.41. The maximum atomic E-state index is 12.2. The molecule has 0 unspecified atom stereocenters. The van der Waals surface area contributed by atoms with Crippen LogP contribution in [0.15, 0.2) is 64.6 Å². The Bertz CT molecular complexity index is 1130. The maximum absolute atomic E-state index is 12.2. The number of aryl methyl sites for hydroxylation is 1. The molecule has 1 aliphatic heterocycles. The molecule has 0 fully saturated rings. The van der Waals surface area contributed by atoms with Crippen molar-refractivity contribution < 1.29 is 19.0 Å². The summed E-state index contributed by atoms with van der Waals surface area (Å²) in [7, 11) is 1.54. The number of aliphatic imine (C=N–C) groups is 1. The summed E-state index contributed by atoms with van der Waals surface area (Å²) in [5.41, 5.74) is 3.06. The highest BCUT2D eigenvalue weighted by Gasteiger charge is 2.25. The maximum Gasteiger partial charge on any atom is 0.363 e. The smallest absolute Gasteiger partial charge is 0.363 e. The molecule has 5 nitrogen and oxygen atoms in total. The summed E-state index contributed by atoms with van der Waals surface area (Å²) >= 11 is 7.90. The minimum atomic E-state index is -0.506. The van der Waals surface area contributed by atoms with E-state index in [-0.39, 0.29) is 5.70 Å². The Balaban J connectivity index is 1.58. The minimum absolute atomic E-state index is 0.199. The van der Waals surface area contributed by atoms with E-state index < -0.39 is 5.97 Å². The Morgan fingerprint density at radius 2 is 2.00 bits per heavy atom. The Labute approximate surface area is 183 Å². The van der Waals surface area contributed by atoms with Crippen molar-refractivity contribution in [2.75, 3.05) is 7.11 Å². The van der Waals surface area contributed by atoms with Crippen molar-refractivity contribution in [2.45, 2.75) is 13.5 Å². The van der Waals surface area contributed by atoms with Gasteiger partial charge >= 0.3 is 5.97 Å². The van der Waals surface area contributed by atoms with E-state index >= 15 is 0 Å². The second-order valence-corrected chi connectivity index (χ2v) is 7.98. The zero-order valence-corrected chi connectivity index (χ0v) is 17.9. The van der Waals surface area contributed by atoms with Crippen LogP contribution in [-0.2, 0) is 16.1 Å². The van der Waals surface area contributed by atoms with E-state index in [0.717, 1.165) is 10.4 Å².